The Kier molecular flexibility index (Phi) is 5.03. The van der Waals surface area contributed by atoms with E-state index in [1.807, 2.05) is 18.2 Å². The van der Waals surface area contributed by atoms with Gasteiger partial charge in [0.15, 0.2) is 0 Å². The minimum absolute atomic E-state index is 0.257. The first-order valence-electron chi connectivity index (χ1n) is 8.57. The third kappa shape index (κ3) is 3.00. The van der Waals surface area contributed by atoms with Crippen LogP contribution in [0.4, 0.5) is 0 Å². The smallest absolute Gasteiger partial charge is 0.129 e. The van der Waals surface area contributed by atoms with E-state index in [1.54, 1.807) is 7.11 Å². The fourth-order valence-corrected chi connectivity index (χ4v) is 3.97. The van der Waals surface area contributed by atoms with Crippen LogP contribution in [-0.2, 0) is 23.4 Å². The van der Waals surface area contributed by atoms with Gasteiger partial charge in [-0.15, -0.1) is 0 Å². The minimum atomic E-state index is -0.257. The molecule has 2 aromatic rings. The monoisotopic (exact) mass is 388 g/mol. The molecule has 3 heteroatoms. The van der Waals surface area contributed by atoms with Crippen LogP contribution in [0.1, 0.15) is 55.4 Å². The highest BCUT2D eigenvalue weighted by Crippen LogP contribution is 2.52. The average molecular weight is 389 g/mol. The molecule has 0 spiro atoms. The molecular weight excluding hydrogens is 364 g/mol. The van der Waals surface area contributed by atoms with E-state index < -0.39 is 0 Å². The molecule has 0 amide bonds. The predicted molar refractivity (Wildman–Crippen MR) is 102 cm³/mol. The fraction of sp³-hybridized carbons (Fsp3) is 0.429. The van der Waals surface area contributed by atoms with Crippen LogP contribution in [0.3, 0.4) is 0 Å². The van der Waals surface area contributed by atoms with Gasteiger partial charge >= 0.3 is 0 Å². The zero-order valence-electron chi connectivity index (χ0n) is 14.9. The normalized spacial score (nSPS) is 20.2. The first-order valence-corrected chi connectivity index (χ1v) is 9.37. The predicted octanol–water partition coefficient (Wildman–Crippen LogP) is 5.96. The van der Waals surface area contributed by atoms with Crippen molar-refractivity contribution in [3.8, 4) is 5.75 Å². The SMILES string of the molecule is CCC(C)c1cc(Br)c2c(c1OCc1ccccc1)C(C)(OC)C2. The van der Waals surface area contributed by atoms with Gasteiger partial charge in [0.25, 0.3) is 0 Å². The maximum atomic E-state index is 6.36. The summed E-state index contributed by atoms with van der Waals surface area (Å²) in [7, 11) is 1.79. The Balaban J connectivity index is 2.03. The molecule has 128 valence electrons. The zero-order valence-corrected chi connectivity index (χ0v) is 16.4. The number of hydrogen-bond acceptors (Lipinski definition) is 2. The van der Waals surface area contributed by atoms with Crippen LogP contribution in [0.15, 0.2) is 40.9 Å². The summed E-state index contributed by atoms with van der Waals surface area (Å²) < 4.78 is 13.4. The topological polar surface area (TPSA) is 18.5 Å². The third-order valence-corrected chi connectivity index (χ3v) is 5.93. The standard InChI is InChI=1S/C21H25BrO2/c1-5-14(2)16-11-18(22)17-12-21(3,23-4)19(17)20(16)24-13-15-9-7-6-8-10-15/h6-11,14H,5,12-13H2,1-4H3. The van der Waals surface area contributed by atoms with Gasteiger partial charge in [0, 0.05) is 23.6 Å². The number of halogens is 1. The largest absolute Gasteiger partial charge is 0.488 e. The molecule has 0 saturated heterocycles. The summed E-state index contributed by atoms with van der Waals surface area (Å²) in [4.78, 5) is 0. The molecule has 1 aliphatic carbocycles. The van der Waals surface area contributed by atoms with Gasteiger partial charge in [-0.1, -0.05) is 60.1 Å². The van der Waals surface area contributed by atoms with Crippen molar-refractivity contribution in [3.63, 3.8) is 0 Å². The lowest BCUT2D eigenvalue weighted by molar-refractivity contribution is -0.0215. The number of fused-ring (bicyclic) bond motifs is 1. The van der Waals surface area contributed by atoms with Crippen LogP contribution in [0.2, 0.25) is 0 Å². The summed E-state index contributed by atoms with van der Waals surface area (Å²) in [6.07, 6.45) is 2.00. The average Bonchev–Trinajstić information content (AvgIpc) is 2.60. The van der Waals surface area contributed by atoms with E-state index >= 15 is 0 Å². The van der Waals surface area contributed by atoms with E-state index in [0.717, 1.165) is 18.6 Å². The number of ether oxygens (including phenoxy) is 2. The summed E-state index contributed by atoms with van der Waals surface area (Å²) in [5.41, 5.74) is 4.72. The van der Waals surface area contributed by atoms with E-state index in [-0.39, 0.29) is 5.60 Å². The Bertz CT molecular complexity index is 726. The van der Waals surface area contributed by atoms with Crippen molar-refractivity contribution in [3.05, 3.63) is 63.1 Å². The maximum absolute atomic E-state index is 6.36. The van der Waals surface area contributed by atoms with Gasteiger partial charge in [-0.2, -0.15) is 0 Å². The second-order valence-corrected chi connectivity index (χ2v) is 7.68. The third-order valence-electron chi connectivity index (χ3n) is 5.22. The lowest BCUT2D eigenvalue weighted by Gasteiger charge is -2.43. The van der Waals surface area contributed by atoms with E-state index in [4.69, 9.17) is 9.47 Å². The van der Waals surface area contributed by atoms with E-state index in [2.05, 4.69) is 54.9 Å². The Morgan fingerprint density at radius 3 is 2.58 bits per heavy atom. The van der Waals surface area contributed by atoms with Gasteiger partial charge < -0.3 is 9.47 Å². The van der Waals surface area contributed by atoms with Crippen molar-refractivity contribution in [2.24, 2.45) is 0 Å². The van der Waals surface area contributed by atoms with Gasteiger partial charge in [0.2, 0.25) is 0 Å². The van der Waals surface area contributed by atoms with E-state index in [9.17, 15) is 0 Å². The van der Waals surface area contributed by atoms with Gasteiger partial charge in [0.05, 0.1) is 5.60 Å². The molecule has 2 atom stereocenters. The highest BCUT2D eigenvalue weighted by Gasteiger charge is 2.44. The number of benzene rings is 2. The Labute approximate surface area is 153 Å². The summed E-state index contributed by atoms with van der Waals surface area (Å²) in [5, 5.41) is 0. The minimum Gasteiger partial charge on any atom is -0.488 e. The van der Waals surface area contributed by atoms with Crippen molar-refractivity contribution in [2.45, 2.75) is 51.7 Å². The maximum Gasteiger partial charge on any atom is 0.129 e. The zero-order chi connectivity index (χ0) is 17.3. The molecule has 1 aliphatic rings. The van der Waals surface area contributed by atoms with Gasteiger partial charge in [-0.05, 0) is 42.0 Å². The molecule has 2 nitrogen and oxygen atoms in total. The van der Waals surface area contributed by atoms with Crippen molar-refractivity contribution < 1.29 is 9.47 Å². The summed E-state index contributed by atoms with van der Waals surface area (Å²) in [5.74, 6) is 1.46. The summed E-state index contributed by atoms with van der Waals surface area (Å²) in [6, 6.07) is 12.6. The summed E-state index contributed by atoms with van der Waals surface area (Å²) >= 11 is 3.75. The molecule has 0 fully saturated rings. The molecule has 0 bridgehead atoms. The first kappa shape index (κ1) is 17.5. The molecule has 0 aliphatic heterocycles. The van der Waals surface area contributed by atoms with Crippen molar-refractivity contribution in [1.29, 1.82) is 0 Å². The van der Waals surface area contributed by atoms with Crippen LogP contribution < -0.4 is 4.74 Å². The lowest BCUT2D eigenvalue weighted by Crippen LogP contribution is -2.39. The van der Waals surface area contributed by atoms with Gasteiger partial charge in [-0.25, -0.2) is 0 Å². The summed E-state index contributed by atoms with van der Waals surface area (Å²) in [6.45, 7) is 7.20. The van der Waals surface area contributed by atoms with Crippen LogP contribution in [0.5, 0.6) is 5.75 Å². The second kappa shape index (κ2) is 6.89. The Morgan fingerprint density at radius 2 is 1.96 bits per heavy atom. The van der Waals surface area contributed by atoms with Gasteiger partial charge in [0.1, 0.15) is 12.4 Å². The Morgan fingerprint density at radius 1 is 1.25 bits per heavy atom. The second-order valence-electron chi connectivity index (χ2n) is 6.83. The molecule has 3 rings (SSSR count). The number of hydrogen-bond donors (Lipinski definition) is 0. The molecule has 0 saturated carbocycles. The van der Waals surface area contributed by atoms with Crippen LogP contribution in [0, 0.1) is 0 Å². The first-order chi connectivity index (χ1) is 11.5. The molecule has 0 heterocycles. The fourth-order valence-electron chi connectivity index (χ4n) is 3.39. The van der Waals surface area contributed by atoms with Crippen molar-refractivity contribution in [1.82, 2.24) is 0 Å². The Hall–Kier alpha value is -1.32. The lowest BCUT2D eigenvalue weighted by atomic mass is 9.72. The highest BCUT2D eigenvalue weighted by molar-refractivity contribution is 9.10. The molecular formula is C21H25BrO2. The van der Waals surface area contributed by atoms with Crippen LogP contribution >= 0.6 is 15.9 Å². The molecule has 0 aromatic heterocycles. The molecule has 24 heavy (non-hydrogen) atoms. The van der Waals surface area contributed by atoms with Crippen LogP contribution in [-0.4, -0.2) is 7.11 Å². The molecule has 2 aromatic carbocycles. The number of rotatable bonds is 6. The van der Waals surface area contributed by atoms with Crippen LogP contribution in [0.25, 0.3) is 0 Å². The van der Waals surface area contributed by atoms with Crippen molar-refractivity contribution in [2.75, 3.05) is 7.11 Å². The molecule has 0 radical (unpaired) electrons. The van der Waals surface area contributed by atoms with E-state index in [1.165, 1.54) is 26.7 Å². The van der Waals surface area contributed by atoms with E-state index in [0.29, 0.717) is 12.5 Å². The van der Waals surface area contributed by atoms with Crippen molar-refractivity contribution >= 4 is 15.9 Å². The highest BCUT2D eigenvalue weighted by atomic mass is 79.9. The quantitative estimate of drug-likeness (QED) is 0.607. The van der Waals surface area contributed by atoms with Gasteiger partial charge in [-0.3, -0.25) is 0 Å². The molecule has 0 N–H and O–H groups in total. The number of methoxy groups -OCH3 is 1. The molecule has 2 unspecified atom stereocenters.